The number of amides is 1. The molecule has 0 aliphatic heterocycles. The predicted octanol–water partition coefficient (Wildman–Crippen LogP) is 2.80. The van der Waals surface area contributed by atoms with Crippen molar-refractivity contribution in [1.29, 1.82) is 0 Å². The van der Waals surface area contributed by atoms with Gasteiger partial charge in [-0.1, -0.05) is 32.3 Å². The highest BCUT2D eigenvalue weighted by Gasteiger charge is 2.21. The normalized spacial score (nSPS) is 11.5. The maximum Gasteiger partial charge on any atom is 0.407 e. The van der Waals surface area contributed by atoms with Crippen molar-refractivity contribution in [2.75, 3.05) is 13.2 Å². The lowest BCUT2D eigenvalue weighted by atomic mass is 10.2. The Hall–Kier alpha value is -1.52. The molecule has 1 unspecified atom stereocenters. The van der Waals surface area contributed by atoms with Gasteiger partial charge < -0.3 is 14.8 Å². The number of hydrogen-bond donors (Lipinski definition) is 1. The van der Waals surface area contributed by atoms with Gasteiger partial charge in [-0.2, -0.15) is 0 Å². The molecule has 0 saturated carbocycles. The number of alkyl carbamates (subject to hydrolysis) is 1. The summed E-state index contributed by atoms with van der Waals surface area (Å²) in [6, 6.07) is -0.720. The lowest BCUT2D eigenvalue weighted by Crippen LogP contribution is -2.41. The average molecular weight is 271 g/mol. The van der Waals surface area contributed by atoms with E-state index in [1.807, 2.05) is 0 Å². The van der Waals surface area contributed by atoms with Crippen LogP contribution in [-0.2, 0) is 14.3 Å². The Morgan fingerprint density at radius 2 is 1.95 bits per heavy atom. The Kier molecular flexibility index (Phi) is 10.6. The van der Waals surface area contributed by atoms with Crippen molar-refractivity contribution in [3.8, 4) is 0 Å². The summed E-state index contributed by atoms with van der Waals surface area (Å²) < 4.78 is 9.86. The fourth-order valence-corrected chi connectivity index (χ4v) is 1.50. The van der Waals surface area contributed by atoms with Crippen molar-refractivity contribution >= 4 is 12.1 Å². The number of nitrogens with one attached hydrogen (secondary N) is 1. The topological polar surface area (TPSA) is 64.6 Å². The molecule has 0 bridgehead atoms. The van der Waals surface area contributed by atoms with Crippen LogP contribution in [0.1, 0.15) is 46.0 Å². The third kappa shape index (κ3) is 9.11. The van der Waals surface area contributed by atoms with Crippen LogP contribution in [0.5, 0.6) is 0 Å². The molecule has 1 N–H and O–H groups in total. The van der Waals surface area contributed by atoms with E-state index in [0.717, 1.165) is 25.7 Å². The second-order valence-corrected chi connectivity index (χ2v) is 4.17. The largest absolute Gasteiger partial charge is 0.464 e. The van der Waals surface area contributed by atoms with Crippen molar-refractivity contribution in [3.63, 3.8) is 0 Å². The summed E-state index contributed by atoms with van der Waals surface area (Å²) in [7, 11) is 0. The minimum Gasteiger partial charge on any atom is -0.464 e. The number of carbonyl (C=O) groups is 2. The number of rotatable bonds is 10. The molecule has 0 aliphatic carbocycles. The SMILES string of the molecule is C=CCC(NC(=O)OCC)C(=O)OCCCCCC. The molecule has 1 amide bonds. The first-order chi connectivity index (χ1) is 9.15. The Morgan fingerprint density at radius 1 is 1.21 bits per heavy atom. The molecular formula is C14H25NO4. The van der Waals surface area contributed by atoms with Crippen LogP contribution < -0.4 is 5.32 Å². The van der Waals surface area contributed by atoms with Gasteiger partial charge in [0.2, 0.25) is 0 Å². The fourth-order valence-electron chi connectivity index (χ4n) is 1.50. The first kappa shape index (κ1) is 17.5. The van der Waals surface area contributed by atoms with Crippen LogP contribution in [0.25, 0.3) is 0 Å². The molecule has 0 aromatic carbocycles. The van der Waals surface area contributed by atoms with Crippen molar-refractivity contribution in [3.05, 3.63) is 12.7 Å². The Morgan fingerprint density at radius 3 is 2.53 bits per heavy atom. The Bertz CT molecular complexity index is 279. The van der Waals surface area contributed by atoms with Gasteiger partial charge in [-0.05, 0) is 19.8 Å². The standard InChI is InChI=1S/C14H25NO4/c1-4-7-8-9-11-19-13(16)12(10-5-2)15-14(17)18-6-3/h5,12H,2,4,6-11H2,1,3H3,(H,15,17). The first-order valence-corrected chi connectivity index (χ1v) is 6.86. The van der Waals surface area contributed by atoms with Crippen molar-refractivity contribution in [1.82, 2.24) is 5.32 Å². The molecule has 0 spiro atoms. The predicted molar refractivity (Wildman–Crippen MR) is 73.9 cm³/mol. The average Bonchev–Trinajstić information content (AvgIpc) is 2.38. The molecule has 19 heavy (non-hydrogen) atoms. The van der Waals surface area contributed by atoms with Crippen molar-refractivity contribution in [2.24, 2.45) is 0 Å². The summed E-state index contributed by atoms with van der Waals surface area (Å²) in [6.45, 7) is 8.03. The highest BCUT2D eigenvalue weighted by atomic mass is 16.6. The van der Waals surface area contributed by atoms with Crippen molar-refractivity contribution < 1.29 is 19.1 Å². The third-order valence-corrected chi connectivity index (χ3v) is 2.50. The maximum absolute atomic E-state index is 11.8. The minimum atomic E-state index is -0.720. The van der Waals surface area contributed by atoms with Gasteiger partial charge in [0.15, 0.2) is 0 Å². The van der Waals surface area contributed by atoms with E-state index in [-0.39, 0.29) is 6.61 Å². The van der Waals surface area contributed by atoms with Crippen molar-refractivity contribution in [2.45, 2.75) is 52.0 Å². The van der Waals surface area contributed by atoms with Gasteiger partial charge in [0.1, 0.15) is 6.04 Å². The van der Waals surface area contributed by atoms with E-state index in [1.165, 1.54) is 0 Å². The molecule has 1 atom stereocenters. The Labute approximate surface area is 115 Å². The molecule has 5 nitrogen and oxygen atoms in total. The highest BCUT2D eigenvalue weighted by Crippen LogP contribution is 2.02. The van der Waals surface area contributed by atoms with Crippen LogP contribution in [0, 0.1) is 0 Å². The zero-order valence-electron chi connectivity index (χ0n) is 11.9. The fraction of sp³-hybridized carbons (Fsp3) is 0.714. The lowest BCUT2D eigenvalue weighted by Gasteiger charge is -2.15. The summed E-state index contributed by atoms with van der Waals surface area (Å²) in [6.07, 6.45) is 5.44. The molecule has 0 fully saturated rings. The summed E-state index contributed by atoms with van der Waals surface area (Å²) in [5.74, 6) is -0.440. The highest BCUT2D eigenvalue weighted by molar-refractivity contribution is 5.81. The van der Waals surface area contributed by atoms with E-state index in [4.69, 9.17) is 9.47 Å². The van der Waals surface area contributed by atoms with Crippen LogP contribution in [-0.4, -0.2) is 31.3 Å². The van der Waals surface area contributed by atoms with E-state index in [9.17, 15) is 9.59 Å². The zero-order valence-corrected chi connectivity index (χ0v) is 11.9. The lowest BCUT2D eigenvalue weighted by molar-refractivity contribution is -0.146. The number of esters is 1. The second kappa shape index (κ2) is 11.6. The summed E-state index contributed by atoms with van der Waals surface area (Å²) >= 11 is 0. The van der Waals surface area contributed by atoms with E-state index in [0.29, 0.717) is 13.0 Å². The third-order valence-electron chi connectivity index (χ3n) is 2.50. The molecule has 0 rings (SSSR count). The van der Waals surface area contributed by atoms with Crippen LogP contribution in [0.4, 0.5) is 4.79 Å². The van der Waals surface area contributed by atoms with Crippen LogP contribution in [0.3, 0.4) is 0 Å². The van der Waals surface area contributed by atoms with Crippen LogP contribution in [0.2, 0.25) is 0 Å². The van der Waals surface area contributed by atoms with Gasteiger partial charge in [-0.3, -0.25) is 0 Å². The molecular weight excluding hydrogens is 246 g/mol. The number of ether oxygens (including phenoxy) is 2. The van der Waals surface area contributed by atoms with Gasteiger partial charge in [0.05, 0.1) is 13.2 Å². The zero-order chi connectivity index (χ0) is 14.5. The van der Waals surface area contributed by atoms with E-state index >= 15 is 0 Å². The summed E-state index contributed by atoms with van der Waals surface area (Å²) in [5.41, 5.74) is 0. The summed E-state index contributed by atoms with van der Waals surface area (Å²) in [5, 5.41) is 2.46. The molecule has 0 aliphatic rings. The van der Waals surface area contributed by atoms with Gasteiger partial charge >= 0.3 is 12.1 Å². The molecule has 0 aromatic rings. The first-order valence-electron chi connectivity index (χ1n) is 6.86. The summed E-state index contributed by atoms with van der Waals surface area (Å²) in [4.78, 5) is 23.0. The molecule has 110 valence electrons. The van der Waals surface area contributed by atoms with E-state index in [2.05, 4.69) is 18.8 Å². The molecule has 0 aromatic heterocycles. The number of hydrogen-bond acceptors (Lipinski definition) is 4. The second-order valence-electron chi connectivity index (χ2n) is 4.17. The van der Waals surface area contributed by atoms with Crippen LogP contribution in [0.15, 0.2) is 12.7 Å². The van der Waals surface area contributed by atoms with Gasteiger partial charge in [-0.25, -0.2) is 9.59 Å². The van der Waals surface area contributed by atoms with E-state index < -0.39 is 18.1 Å². The monoisotopic (exact) mass is 271 g/mol. The maximum atomic E-state index is 11.8. The number of carbonyl (C=O) groups excluding carboxylic acids is 2. The smallest absolute Gasteiger partial charge is 0.407 e. The number of unbranched alkanes of at least 4 members (excludes halogenated alkanes) is 3. The van der Waals surface area contributed by atoms with Crippen LogP contribution >= 0.6 is 0 Å². The minimum absolute atomic E-state index is 0.263. The molecule has 0 heterocycles. The van der Waals surface area contributed by atoms with Gasteiger partial charge in [0, 0.05) is 0 Å². The van der Waals surface area contributed by atoms with Gasteiger partial charge in [0.25, 0.3) is 0 Å². The van der Waals surface area contributed by atoms with E-state index in [1.54, 1.807) is 13.0 Å². The molecule has 5 heteroatoms. The molecule has 0 radical (unpaired) electrons. The Balaban J connectivity index is 4.03. The van der Waals surface area contributed by atoms with Gasteiger partial charge in [-0.15, -0.1) is 6.58 Å². The quantitative estimate of drug-likeness (QED) is 0.377. The molecule has 0 saturated heterocycles.